The van der Waals surface area contributed by atoms with E-state index >= 15 is 0 Å². The number of ketones is 1. The largest absolute Gasteiger partial charge is 0.495 e. The monoisotopic (exact) mass is 986 g/mol. The number of methoxy groups -OCH3 is 2. The fraction of sp³-hybridized carbons (Fsp3) is 0.653. The SMILES string of the molecule is CC[C@@H](C(=O)O[C@H]1CC(=O)N(C)c2cc(cc(OC)c2Cl)C/C(C)=C/C=C/[C@@H](OC)[C@@]2(O)C[C@H](OC(=O)N2)[C@@H](C)[C@@H]2O[C@@]12C)N(C)C(=O)CCS[C@@H]1CC(=O)N(CC2CCC(C(C)=O)CC2)C1=O. The van der Waals surface area contributed by atoms with Gasteiger partial charge in [-0.25, -0.2) is 9.59 Å². The summed E-state index contributed by atoms with van der Waals surface area (Å²) in [6, 6.07) is 2.49. The zero-order valence-electron chi connectivity index (χ0n) is 40.5. The van der Waals surface area contributed by atoms with E-state index in [0.29, 0.717) is 24.4 Å². The van der Waals surface area contributed by atoms with Gasteiger partial charge in [-0.3, -0.25) is 34.2 Å². The van der Waals surface area contributed by atoms with Crippen molar-refractivity contribution in [1.29, 1.82) is 0 Å². The van der Waals surface area contributed by atoms with Crippen molar-refractivity contribution in [3.63, 3.8) is 0 Å². The number of carbonyl (C=O) groups excluding carboxylic acids is 7. The molecule has 4 bridgehead atoms. The highest BCUT2D eigenvalue weighted by Crippen LogP contribution is 2.49. The first-order valence-electron chi connectivity index (χ1n) is 23.5. The lowest BCUT2D eigenvalue weighted by molar-refractivity contribution is -0.162. The highest BCUT2D eigenvalue weighted by molar-refractivity contribution is 8.00. The zero-order valence-corrected chi connectivity index (χ0v) is 42.1. The molecule has 6 rings (SSSR count). The summed E-state index contributed by atoms with van der Waals surface area (Å²) >= 11 is 8.06. The number of nitrogens with one attached hydrogen (secondary N) is 1. The fourth-order valence-electron chi connectivity index (χ4n) is 10.0. The Balaban J connectivity index is 1.18. The first kappa shape index (κ1) is 52.9. The Labute approximate surface area is 407 Å². The lowest BCUT2D eigenvalue weighted by atomic mass is 9.80. The maximum Gasteiger partial charge on any atom is 0.409 e. The van der Waals surface area contributed by atoms with Crippen LogP contribution in [0.3, 0.4) is 0 Å². The van der Waals surface area contributed by atoms with Crippen LogP contribution in [0.1, 0.15) is 98.0 Å². The average Bonchev–Trinajstić information content (AvgIpc) is 3.92. The van der Waals surface area contributed by atoms with Gasteiger partial charge in [-0.1, -0.05) is 49.2 Å². The number of epoxide rings is 1. The normalized spacial score (nSPS) is 32.8. The number of amides is 5. The molecule has 68 heavy (non-hydrogen) atoms. The summed E-state index contributed by atoms with van der Waals surface area (Å²) in [4.78, 5) is 97.5. The highest BCUT2D eigenvalue weighted by Gasteiger charge is 2.64. The van der Waals surface area contributed by atoms with E-state index in [9.17, 15) is 38.7 Å². The molecule has 0 spiro atoms. The number of allylic oxidation sites excluding steroid dienone is 3. The van der Waals surface area contributed by atoms with Gasteiger partial charge in [0.2, 0.25) is 23.6 Å². The van der Waals surface area contributed by atoms with Crippen LogP contribution in [0.5, 0.6) is 5.75 Å². The molecule has 5 amide bonds. The van der Waals surface area contributed by atoms with Crippen LogP contribution in [-0.2, 0) is 54.1 Å². The van der Waals surface area contributed by atoms with Crippen LogP contribution >= 0.6 is 23.4 Å². The Kier molecular flexibility index (Phi) is 17.2. The van der Waals surface area contributed by atoms with E-state index in [1.165, 1.54) is 47.7 Å². The molecule has 0 unspecified atom stereocenters. The van der Waals surface area contributed by atoms with Gasteiger partial charge in [0, 0.05) is 64.6 Å². The predicted molar refractivity (Wildman–Crippen MR) is 254 cm³/mol. The molecule has 1 aromatic carbocycles. The van der Waals surface area contributed by atoms with Gasteiger partial charge in [-0.05, 0) is 82.9 Å². The molecule has 374 valence electrons. The quantitative estimate of drug-likeness (QED) is 0.141. The highest BCUT2D eigenvalue weighted by atomic mass is 35.5. The van der Waals surface area contributed by atoms with E-state index in [1.54, 1.807) is 59.0 Å². The number of esters is 1. The summed E-state index contributed by atoms with van der Waals surface area (Å²) in [6.45, 7) is 9.06. The number of hydrogen-bond donors (Lipinski definition) is 2. The van der Waals surface area contributed by atoms with E-state index in [1.807, 2.05) is 13.0 Å². The lowest BCUT2D eigenvalue weighted by Crippen LogP contribution is -2.63. The maximum atomic E-state index is 14.4. The molecule has 1 saturated carbocycles. The van der Waals surface area contributed by atoms with Crippen molar-refractivity contribution >= 4 is 70.5 Å². The number of anilines is 1. The van der Waals surface area contributed by atoms with E-state index in [0.717, 1.165) is 36.8 Å². The van der Waals surface area contributed by atoms with Gasteiger partial charge in [0.15, 0.2) is 5.72 Å². The van der Waals surface area contributed by atoms with Gasteiger partial charge in [0.1, 0.15) is 46.5 Å². The molecule has 1 aromatic rings. The topological polar surface area (TPSA) is 211 Å². The second kappa shape index (κ2) is 22.1. The third-order valence-electron chi connectivity index (χ3n) is 14.4. The molecular weight excluding hydrogens is 920 g/mol. The molecule has 4 aliphatic heterocycles. The molecule has 9 atom stereocenters. The second-order valence-electron chi connectivity index (χ2n) is 19.1. The summed E-state index contributed by atoms with van der Waals surface area (Å²) in [5.74, 6) is -1.78. The standard InChI is InChI=1S/C49H67ClN4O13S/c1-10-33(52(6)40(56)18-19-68-37-23-42(58)54(45(37)59)26-30-14-16-32(17-15-30)29(4)55)46(60)66-39-24-41(57)53(7)34-21-31(22-35(63-8)43(34)50)20-27(2)12-11-13-38(64-9)49(62)25-36(65-47(61)51-49)28(3)44-48(39,5)67-44/h11-13,21-22,28,30,32-33,36-39,44,62H,10,14-20,23-26H2,1-9H3,(H,51,61)/b13-11+,27-12+/t28-,30?,32?,33+,36+,37-,38-,39+,44+,48+,49+/m1/s1. The third-order valence-corrected chi connectivity index (χ3v) is 16.0. The Hall–Kier alpha value is -4.49. The van der Waals surface area contributed by atoms with Gasteiger partial charge in [0.25, 0.3) is 0 Å². The number of carbonyl (C=O) groups is 7. The molecule has 17 nitrogen and oxygen atoms in total. The summed E-state index contributed by atoms with van der Waals surface area (Å²) in [7, 11) is 5.95. The van der Waals surface area contributed by atoms with Crippen LogP contribution in [0.25, 0.3) is 0 Å². The van der Waals surface area contributed by atoms with E-state index in [-0.39, 0.29) is 78.2 Å². The Morgan fingerprint density at radius 3 is 2.44 bits per heavy atom. The van der Waals surface area contributed by atoms with Gasteiger partial charge < -0.3 is 38.6 Å². The molecule has 1 aliphatic carbocycles. The molecule has 4 fully saturated rings. The number of Topliss-reactive ketones (excluding diaryl/α,β-unsaturated/α-hetero) is 1. The van der Waals surface area contributed by atoms with Crippen LogP contribution in [0.15, 0.2) is 35.9 Å². The summed E-state index contributed by atoms with van der Waals surface area (Å²) in [6.07, 6.45) is 3.79. The third kappa shape index (κ3) is 11.7. The number of likely N-dealkylation sites (tertiary alicyclic amines) is 1. The van der Waals surface area contributed by atoms with Gasteiger partial charge >= 0.3 is 12.1 Å². The second-order valence-corrected chi connectivity index (χ2v) is 20.8. The average molecular weight is 988 g/mol. The number of ether oxygens (including phenoxy) is 5. The van der Waals surface area contributed by atoms with Crippen molar-refractivity contribution in [3.05, 3.63) is 46.5 Å². The fourth-order valence-corrected chi connectivity index (χ4v) is 11.5. The van der Waals surface area contributed by atoms with Crippen molar-refractivity contribution < 1.29 is 62.4 Å². The van der Waals surface area contributed by atoms with Crippen molar-refractivity contribution in [2.45, 2.75) is 146 Å². The molecule has 0 radical (unpaired) electrons. The minimum atomic E-state index is -1.87. The van der Waals surface area contributed by atoms with Crippen LogP contribution in [0, 0.1) is 17.8 Å². The number of nitrogens with zero attached hydrogens (tertiary/aromatic N) is 3. The van der Waals surface area contributed by atoms with Gasteiger partial charge in [-0.2, -0.15) is 0 Å². The van der Waals surface area contributed by atoms with Crippen LogP contribution < -0.4 is 15.0 Å². The number of rotatable bonds is 13. The number of aliphatic hydroxyl groups is 1. The summed E-state index contributed by atoms with van der Waals surface area (Å²) < 4.78 is 29.6. The minimum absolute atomic E-state index is 0.0231. The van der Waals surface area contributed by atoms with Crippen molar-refractivity contribution in [2.75, 3.05) is 45.5 Å². The summed E-state index contributed by atoms with van der Waals surface area (Å²) in [5, 5.41) is 14.0. The van der Waals surface area contributed by atoms with E-state index in [2.05, 4.69) is 5.32 Å². The molecule has 2 N–H and O–H groups in total. The van der Waals surface area contributed by atoms with Gasteiger partial charge in [0.05, 0.1) is 30.6 Å². The molecule has 5 aliphatic rings. The Morgan fingerprint density at radius 2 is 1.79 bits per heavy atom. The zero-order chi connectivity index (χ0) is 49.8. The van der Waals surface area contributed by atoms with Crippen LogP contribution in [0.4, 0.5) is 10.5 Å². The number of halogens is 1. The molecular formula is C49H67ClN4O13S. The Bertz CT molecular complexity index is 2180. The van der Waals surface area contributed by atoms with Crippen molar-refractivity contribution in [1.82, 2.24) is 15.1 Å². The van der Waals surface area contributed by atoms with Crippen LogP contribution in [-0.4, -0.2) is 144 Å². The number of likely N-dealkylation sites (N-methyl/N-ethyl adjacent to an activating group) is 1. The number of hydrogen-bond acceptors (Lipinski definition) is 14. The maximum absolute atomic E-state index is 14.4. The number of benzene rings is 1. The minimum Gasteiger partial charge on any atom is -0.495 e. The number of thioether (sulfide) groups is 1. The number of alkyl carbamates (subject to hydrolysis) is 1. The van der Waals surface area contributed by atoms with E-state index < -0.39 is 70.9 Å². The first-order valence-corrected chi connectivity index (χ1v) is 24.9. The molecule has 4 heterocycles. The predicted octanol–water partition coefficient (Wildman–Crippen LogP) is 5.55. The number of fused-ring (bicyclic) bond motifs is 5. The smallest absolute Gasteiger partial charge is 0.409 e. The molecule has 3 saturated heterocycles. The van der Waals surface area contributed by atoms with Gasteiger partial charge in [-0.15, -0.1) is 11.8 Å². The summed E-state index contributed by atoms with van der Waals surface area (Å²) in [5.41, 5.74) is -1.12. The molecule has 0 aromatic heterocycles. The van der Waals surface area contributed by atoms with Crippen molar-refractivity contribution in [3.8, 4) is 5.75 Å². The lowest BCUT2D eigenvalue weighted by Gasteiger charge is -2.42. The molecule has 19 heteroatoms. The van der Waals surface area contributed by atoms with Crippen molar-refractivity contribution in [2.24, 2.45) is 17.8 Å². The Morgan fingerprint density at radius 1 is 1.09 bits per heavy atom. The van der Waals surface area contributed by atoms with Crippen LogP contribution in [0.2, 0.25) is 5.02 Å². The first-order chi connectivity index (χ1) is 32.1. The number of imide groups is 1. The van der Waals surface area contributed by atoms with E-state index in [4.69, 9.17) is 35.3 Å².